The lowest BCUT2D eigenvalue weighted by atomic mass is 9.96. The van der Waals surface area contributed by atoms with E-state index in [0.717, 1.165) is 47.4 Å². The first kappa shape index (κ1) is 22.1. The van der Waals surface area contributed by atoms with Gasteiger partial charge in [-0.3, -0.25) is 9.66 Å². The molecule has 0 bridgehead atoms. The van der Waals surface area contributed by atoms with Gasteiger partial charge >= 0.3 is 0 Å². The van der Waals surface area contributed by atoms with Gasteiger partial charge in [-0.25, -0.2) is 4.68 Å². The van der Waals surface area contributed by atoms with Crippen LogP contribution < -0.4 is 10.6 Å². The van der Waals surface area contributed by atoms with E-state index >= 15 is 0 Å². The molecule has 5 rings (SSSR count). The summed E-state index contributed by atoms with van der Waals surface area (Å²) in [5, 5.41) is 15.8. The third-order valence-electron chi connectivity index (χ3n) is 6.27. The number of benzene rings is 1. The number of hydrogen-bond acceptors (Lipinski definition) is 5. The molecule has 4 aromatic rings. The Labute approximate surface area is 204 Å². The average Bonchev–Trinajstić information content (AvgIpc) is 3.56. The standard InChI is InChI=1S/C25H28N8S/c1-18-15-21(19(2)33(18)31-16-28-29-17-31)24-23(22-11-6-7-12-27-22)30-25(34)32(24)14-8-13-26-20-9-4-3-5-10-20/h3-7,9-12,15-17,23-24,26H,8,13-14H2,1-2H3,(H,30,34)/t23-,24-/m0/s1. The number of nitrogens with zero attached hydrogens (tertiary/aromatic N) is 6. The number of aryl methyl sites for hydroxylation is 1. The summed E-state index contributed by atoms with van der Waals surface area (Å²) in [5.74, 6) is 0. The van der Waals surface area contributed by atoms with Crippen molar-refractivity contribution < 1.29 is 0 Å². The van der Waals surface area contributed by atoms with Gasteiger partial charge in [-0.2, -0.15) is 0 Å². The first-order valence-corrected chi connectivity index (χ1v) is 11.9. The van der Waals surface area contributed by atoms with Crippen molar-refractivity contribution in [2.75, 3.05) is 18.4 Å². The number of para-hydroxylation sites is 1. The summed E-state index contributed by atoms with van der Waals surface area (Å²) < 4.78 is 4.03. The Balaban J connectivity index is 1.43. The second kappa shape index (κ2) is 9.64. The Morgan fingerprint density at radius 3 is 2.53 bits per heavy atom. The van der Waals surface area contributed by atoms with E-state index in [2.05, 4.69) is 73.5 Å². The highest BCUT2D eigenvalue weighted by Crippen LogP contribution is 2.40. The van der Waals surface area contributed by atoms with Gasteiger partial charge in [0.25, 0.3) is 0 Å². The second-order valence-corrected chi connectivity index (χ2v) is 8.83. The average molecular weight is 473 g/mol. The van der Waals surface area contributed by atoms with Crippen LogP contribution in [0.1, 0.15) is 41.1 Å². The van der Waals surface area contributed by atoms with Gasteiger partial charge < -0.3 is 15.5 Å². The minimum atomic E-state index is -0.0364. The molecule has 9 heteroatoms. The zero-order valence-corrected chi connectivity index (χ0v) is 20.1. The lowest BCUT2D eigenvalue weighted by Crippen LogP contribution is -2.31. The van der Waals surface area contributed by atoms with E-state index in [1.807, 2.05) is 41.2 Å². The van der Waals surface area contributed by atoms with Gasteiger partial charge in [0.15, 0.2) is 5.11 Å². The van der Waals surface area contributed by atoms with Crippen LogP contribution in [0.15, 0.2) is 73.4 Å². The van der Waals surface area contributed by atoms with Gasteiger partial charge in [0.1, 0.15) is 12.7 Å². The molecule has 0 radical (unpaired) electrons. The molecule has 4 heterocycles. The van der Waals surface area contributed by atoms with Gasteiger partial charge in [-0.05, 0) is 62.8 Å². The van der Waals surface area contributed by atoms with Crippen LogP contribution in [0.25, 0.3) is 0 Å². The fourth-order valence-corrected chi connectivity index (χ4v) is 5.09. The number of pyridine rings is 1. The SMILES string of the molecule is Cc1cc([C@H]2[C@H](c3ccccn3)NC(=S)N2CCCNc2ccccc2)c(C)n1-n1cnnc1. The summed E-state index contributed by atoms with van der Waals surface area (Å²) in [6, 6.07) is 18.5. The lowest BCUT2D eigenvalue weighted by molar-refractivity contribution is 0.314. The molecule has 1 fully saturated rings. The maximum Gasteiger partial charge on any atom is 0.170 e. The highest BCUT2D eigenvalue weighted by atomic mass is 32.1. The number of rotatable bonds is 8. The summed E-state index contributed by atoms with van der Waals surface area (Å²) >= 11 is 5.83. The molecule has 2 atom stereocenters. The third kappa shape index (κ3) is 4.26. The molecular weight excluding hydrogens is 444 g/mol. The predicted molar refractivity (Wildman–Crippen MR) is 136 cm³/mol. The van der Waals surface area contributed by atoms with Crippen molar-refractivity contribution in [1.29, 1.82) is 0 Å². The van der Waals surface area contributed by atoms with Gasteiger partial charge in [0, 0.05) is 41.9 Å². The van der Waals surface area contributed by atoms with E-state index in [-0.39, 0.29) is 12.1 Å². The monoisotopic (exact) mass is 472 g/mol. The topological polar surface area (TPSA) is 75.8 Å². The Morgan fingerprint density at radius 1 is 1.03 bits per heavy atom. The number of aromatic nitrogens is 5. The molecule has 1 aromatic carbocycles. The van der Waals surface area contributed by atoms with Crippen LogP contribution >= 0.6 is 12.2 Å². The molecule has 1 saturated heterocycles. The van der Waals surface area contributed by atoms with E-state index in [1.165, 1.54) is 5.56 Å². The molecule has 0 spiro atoms. The molecule has 174 valence electrons. The van der Waals surface area contributed by atoms with E-state index in [9.17, 15) is 0 Å². The van der Waals surface area contributed by atoms with E-state index in [0.29, 0.717) is 0 Å². The zero-order chi connectivity index (χ0) is 23.5. The Hall–Kier alpha value is -3.72. The van der Waals surface area contributed by atoms with E-state index in [1.54, 1.807) is 12.7 Å². The minimum absolute atomic E-state index is 0.0237. The number of anilines is 1. The van der Waals surface area contributed by atoms with Gasteiger partial charge in [0.05, 0.1) is 17.8 Å². The molecular formula is C25H28N8S. The van der Waals surface area contributed by atoms with E-state index < -0.39 is 0 Å². The molecule has 0 aliphatic carbocycles. The molecule has 0 saturated carbocycles. The number of nitrogens with one attached hydrogen (secondary N) is 2. The second-order valence-electron chi connectivity index (χ2n) is 8.45. The quantitative estimate of drug-likeness (QED) is 0.298. The maximum atomic E-state index is 5.83. The first-order valence-electron chi connectivity index (χ1n) is 11.4. The molecule has 34 heavy (non-hydrogen) atoms. The molecule has 1 aliphatic rings. The van der Waals surface area contributed by atoms with Crippen LogP contribution in [0.2, 0.25) is 0 Å². The molecule has 0 unspecified atom stereocenters. The summed E-state index contributed by atoms with van der Waals surface area (Å²) in [6.45, 7) is 5.93. The van der Waals surface area contributed by atoms with Crippen molar-refractivity contribution in [3.8, 4) is 0 Å². The zero-order valence-electron chi connectivity index (χ0n) is 19.3. The van der Waals surface area contributed by atoms with Crippen molar-refractivity contribution in [3.63, 3.8) is 0 Å². The van der Waals surface area contributed by atoms with Crippen molar-refractivity contribution in [3.05, 3.63) is 96.1 Å². The maximum absolute atomic E-state index is 5.83. The number of thiocarbonyl (C=S) groups is 1. The summed E-state index contributed by atoms with van der Waals surface area (Å²) in [6.07, 6.45) is 6.21. The molecule has 3 aromatic heterocycles. The minimum Gasteiger partial charge on any atom is -0.385 e. The fourth-order valence-electron chi connectivity index (χ4n) is 4.75. The highest BCUT2D eigenvalue weighted by Gasteiger charge is 2.41. The summed E-state index contributed by atoms with van der Waals surface area (Å²) in [4.78, 5) is 6.96. The van der Waals surface area contributed by atoms with Crippen molar-refractivity contribution >= 4 is 23.0 Å². The van der Waals surface area contributed by atoms with Gasteiger partial charge in [-0.15, -0.1) is 10.2 Å². The summed E-state index contributed by atoms with van der Waals surface area (Å²) in [7, 11) is 0. The van der Waals surface area contributed by atoms with Crippen molar-refractivity contribution in [2.45, 2.75) is 32.4 Å². The molecule has 2 N–H and O–H groups in total. The molecule has 1 aliphatic heterocycles. The normalized spacial score (nSPS) is 17.7. The smallest absolute Gasteiger partial charge is 0.170 e. The van der Waals surface area contributed by atoms with Crippen LogP contribution in [-0.4, -0.2) is 47.6 Å². The van der Waals surface area contributed by atoms with Crippen LogP contribution in [0.5, 0.6) is 0 Å². The van der Waals surface area contributed by atoms with Crippen molar-refractivity contribution in [1.82, 2.24) is 34.8 Å². The molecule has 8 nitrogen and oxygen atoms in total. The van der Waals surface area contributed by atoms with Gasteiger partial charge in [0.2, 0.25) is 0 Å². The van der Waals surface area contributed by atoms with Crippen LogP contribution in [0.3, 0.4) is 0 Å². The number of hydrogen-bond donors (Lipinski definition) is 2. The predicted octanol–water partition coefficient (Wildman–Crippen LogP) is 3.88. The Morgan fingerprint density at radius 2 is 1.79 bits per heavy atom. The van der Waals surface area contributed by atoms with Crippen LogP contribution in [-0.2, 0) is 0 Å². The van der Waals surface area contributed by atoms with Crippen LogP contribution in [0, 0.1) is 13.8 Å². The van der Waals surface area contributed by atoms with Crippen molar-refractivity contribution in [2.24, 2.45) is 0 Å². The molecule has 0 amide bonds. The highest BCUT2D eigenvalue weighted by molar-refractivity contribution is 7.80. The van der Waals surface area contributed by atoms with Crippen LogP contribution in [0.4, 0.5) is 5.69 Å². The lowest BCUT2D eigenvalue weighted by Gasteiger charge is -2.28. The Bertz CT molecular complexity index is 1240. The van der Waals surface area contributed by atoms with Gasteiger partial charge in [-0.1, -0.05) is 24.3 Å². The summed E-state index contributed by atoms with van der Waals surface area (Å²) in [5.41, 5.74) is 5.56. The Kier molecular flexibility index (Phi) is 6.27. The first-order chi connectivity index (χ1) is 16.6. The third-order valence-corrected chi connectivity index (χ3v) is 6.62. The largest absolute Gasteiger partial charge is 0.385 e. The van der Waals surface area contributed by atoms with E-state index in [4.69, 9.17) is 12.2 Å². The fraction of sp³-hybridized carbons (Fsp3) is 0.280.